The Bertz CT molecular complexity index is 794. The molecule has 0 aliphatic carbocycles. The molecule has 0 radical (unpaired) electrons. The molecule has 7 heteroatoms. The Kier molecular flexibility index (Phi) is 5.74. The molecule has 0 spiro atoms. The molecule has 1 fully saturated rings. The van der Waals surface area contributed by atoms with Crippen molar-refractivity contribution in [3.63, 3.8) is 0 Å². The van der Waals surface area contributed by atoms with Crippen LogP contribution in [0.2, 0.25) is 5.02 Å². The van der Waals surface area contributed by atoms with Crippen LogP contribution in [0, 0.1) is 11.6 Å². The number of hydrogen-bond acceptors (Lipinski definition) is 2. The van der Waals surface area contributed by atoms with Crippen molar-refractivity contribution in [1.29, 1.82) is 0 Å². The number of halogens is 3. The van der Waals surface area contributed by atoms with Gasteiger partial charge in [-0.2, -0.15) is 0 Å². The minimum atomic E-state index is -0.648. The summed E-state index contributed by atoms with van der Waals surface area (Å²) >= 11 is 6.25. The molecule has 26 heavy (non-hydrogen) atoms. The SMILES string of the molecule is C[C@@H](C(=O)Nc1cc(F)ccc1F)[NH+]1CCN(c2ccccc2Cl)CC1. The maximum atomic E-state index is 13.7. The summed E-state index contributed by atoms with van der Waals surface area (Å²) in [5.74, 6) is -1.56. The van der Waals surface area contributed by atoms with Gasteiger partial charge in [0.15, 0.2) is 6.04 Å². The fourth-order valence-electron chi connectivity index (χ4n) is 3.20. The van der Waals surface area contributed by atoms with Gasteiger partial charge in [-0.1, -0.05) is 23.7 Å². The molecular formula is C19H21ClF2N3O+. The van der Waals surface area contributed by atoms with Crippen molar-refractivity contribution in [1.82, 2.24) is 0 Å². The first-order chi connectivity index (χ1) is 12.5. The zero-order valence-corrected chi connectivity index (χ0v) is 15.2. The van der Waals surface area contributed by atoms with Crippen LogP contribution in [-0.2, 0) is 4.79 Å². The van der Waals surface area contributed by atoms with Crippen LogP contribution in [0.15, 0.2) is 42.5 Å². The smallest absolute Gasteiger partial charge is 0.282 e. The van der Waals surface area contributed by atoms with E-state index >= 15 is 0 Å². The first-order valence-electron chi connectivity index (χ1n) is 8.55. The number of hydrogen-bond donors (Lipinski definition) is 2. The molecule has 2 N–H and O–H groups in total. The van der Waals surface area contributed by atoms with E-state index in [-0.39, 0.29) is 17.6 Å². The van der Waals surface area contributed by atoms with Crippen LogP contribution >= 0.6 is 11.6 Å². The van der Waals surface area contributed by atoms with E-state index in [1.54, 1.807) is 6.92 Å². The van der Waals surface area contributed by atoms with Gasteiger partial charge < -0.3 is 15.1 Å². The summed E-state index contributed by atoms with van der Waals surface area (Å²) in [6.45, 7) is 4.85. The Balaban J connectivity index is 1.59. The second kappa shape index (κ2) is 8.01. The molecule has 1 atom stereocenters. The van der Waals surface area contributed by atoms with E-state index in [4.69, 9.17) is 11.6 Å². The highest BCUT2D eigenvalue weighted by Gasteiger charge is 2.30. The summed E-state index contributed by atoms with van der Waals surface area (Å²) in [7, 11) is 0. The van der Waals surface area contributed by atoms with E-state index in [0.717, 1.165) is 55.0 Å². The lowest BCUT2D eigenvalue weighted by molar-refractivity contribution is -0.914. The Hall–Kier alpha value is -2.18. The number of nitrogens with zero attached hydrogens (tertiary/aromatic N) is 1. The molecule has 4 nitrogen and oxygen atoms in total. The van der Waals surface area contributed by atoms with Gasteiger partial charge in [-0.25, -0.2) is 8.78 Å². The molecular weight excluding hydrogens is 360 g/mol. The third-order valence-electron chi connectivity index (χ3n) is 4.79. The molecule has 1 heterocycles. The fourth-order valence-corrected chi connectivity index (χ4v) is 3.45. The summed E-state index contributed by atoms with van der Waals surface area (Å²) in [5.41, 5.74) is 0.864. The largest absolute Gasteiger partial charge is 0.359 e. The first kappa shape index (κ1) is 18.6. The zero-order valence-electron chi connectivity index (χ0n) is 14.4. The second-order valence-corrected chi connectivity index (χ2v) is 6.84. The highest BCUT2D eigenvalue weighted by molar-refractivity contribution is 6.33. The van der Waals surface area contributed by atoms with E-state index in [2.05, 4.69) is 10.2 Å². The monoisotopic (exact) mass is 380 g/mol. The third-order valence-corrected chi connectivity index (χ3v) is 5.11. The maximum absolute atomic E-state index is 13.7. The predicted molar refractivity (Wildman–Crippen MR) is 98.8 cm³/mol. The van der Waals surface area contributed by atoms with Gasteiger partial charge in [0, 0.05) is 6.07 Å². The second-order valence-electron chi connectivity index (χ2n) is 6.43. The van der Waals surface area contributed by atoms with Crippen LogP contribution < -0.4 is 15.1 Å². The molecule has 3 rings (SSSR count). The number of nitrogens with one attached hydrogen (secondary N) is 2. The van der Waals surface area contributed by atoms with Crippen LogP contribution in [0.3, 0.4) is 0 Å². The number of benzene rings is 2. The Morgan fingerprint density at radius 2 is 1.88 bits per heavy atom. The van der Waals surface area contributed by atoms with E-state index < -0.39 is 11.6 Å². The van der Waals surface area contributed by atoms with E-state index in [1.165, 1.54) is 0 Å². The van der Waals surface area contributed by atoms with Gasteiger partial charge in [0.1, 0.15) is 11.6 Å². The first-order valence-corrected chi connectivity index (χ1v) is 8.93. The van der Waals surface area contributed by atoms with Crippen molar-refractivity contribution in [2.45, 2.75) is 13.0 Å². The van der Waals surface area contributed by atoms with Crippen molar-refractivity contribution >= 4 is 28.9 Å². The molecule has 1 amide bonds. The molecule has 0 aromatic heterocycles. The molecule has 0 bridgehead atoms. The van der Waals surface area contributed by atoms with Crippen molar-refractivity contribution < 1.29 is 18.5 Å². The average Bonchev–Trinajstić information content (AvgIpc) is 2.64. The normalized spacial score (nSPS) is 16.4. The van der Waals surface area contributed by atoms with E-state index in [1.807, 2.05) is 24.3 Å². The van der Waals surface area contributed by atoms with Crippen molar-refractivity contribution in [3.05, 3.63) is 59.1 Å². The van der Waals surface area contributed by atoms with Crippen molar-refractivity contribution in [2.75, 3.05) is 36.4 Å². The summed E-state index contributed by atoms with van der Waals surface area (Å²) < 4.78 is 27.0. The maximum Gasteiger partial charge on any atom is 0.282 e. The molecule has 1 aliphatic rings. The highest BCUT2D eigenvalue weighted by atomic mass is 35.5. The molecule has 2 aromatic rings. The molecule has 0 saturated carbocycles. The van der Waals surface area contributed by atoms with Gasteiger partial charge in [-0.15, -0.1) is 0 Å². The van der Waals surface area contributed by atoms with Gasteiger partial charge in [0.2, 0.25) is 0 Å². The summed E-state index contributed by atoms with van der Waals surface area (Å²) in [6.07, 6.45) is 0. The number of amides is 1. The summed E-state index contributed by atoms with van der Waals surface area (Å²) in [6, 6.07) is 10.3. The average molecular weight is 381 g/mol. The topological polar surface area (TPSA) is 36.8 Å². The van der Waals surface area contributed by atoms with E-state index in [9.17, 15) is 13.6 Å². The Labute approximate surface area is 156 Å². The number of quaternary nitrogens is 1. The fraction of sp³-hybridized carbons (Fsp3) is 0.316. The van der Waals surface area contributed by atoms with Crippen LogP contribution in [0.25, 0.3) is 0 Å². The molecule has 2 aromatic carbocycles. The van der Waals surface area contributed by atoms with Crippen LogP contribution in [0.1, 0.15) is 6.92 Å². The van der Waals surface area contributed by atoms with Crippen molar-refractivity contribution in [2.24, 2.45) is 0 Å². The van der Waals surface area contributed by atoms with Gasteiger partial charge in [0.25, 0.3) is 5.91 Å². The van der Waals surface area contributed by atoms with Gasteiger partial charge in [0.05, 0.1) is 42.6 Å². The third kappa shape index (κ3) is 4.14. The van der Waals surface area contributed by atoms with Crippen LogP contribution in [-0.4, -0.2) is 38.1 Å². The minimum absolute atomic E-state index is 0.129. The standard InChI is InChI=1S/C19H20ClF2N3O/c1-13(19(26)23-17-12-14(21)6-7-16(17)22)24-8-10-25(11-9-24)18-5-3-2-4-15(18)20/h2-7,12-13H,8-11H2,1H3,(H,23,26)/p+1/t13-/m0/s1. The molecule has 1 saturated heterocycles. The molecule has 1 aliphatic heterocycles. The lowest BCUT2D eigenvalue weighted by Gasteiger charge is -2.36. The lowest BCUT2D eigenvalue weighted by atomic mass is 10.2. The van der Waals surface area contributed by atoms with Gasteiger partial charge >= 0.3 is 0 Å². The zero-order chi connectivity index (χ0) is 18.7. The van der Waals surface area contributed by atoms with Crippen molar-refractivity contribution in [3.8, 4) is 0 Å². The number of anilines is 2. The van der Waals surface area contributed by atoms with Gasteiger partial charge in [-0.05, 0) is 31.2 Å². The number of rotatable bonds is 4. The number of carbonyl (C=O) groups is 1. The minimum Gasteiger partial charge on any atom is -0.359 e. The lowest BCUT2D eigenvalue weighted by Crippen LogP contribution is -3.19. The van der Waals surface area contributed by atoms with E-state index in [0.29, 0.717) is 5.02 Å². The van der Waals surface area contributed by atoms with Gasteiger partial charge in [-0.3, -0.25) is 4.79 Å². The van der Waals surface area contributed by atoms with Crippen LogP contribution in [0.4, 0.5) is 20.2 Å². The Morgan fingerprint density at radius 3 is 2.58 bits per heavy atom. The number of piperazine rings is 1. The molecule has 138 valence electrons. The number of carbonyl (C=O) groups excluding carboxylic acids is 1. The summed E-state index contributed by atoms with van der Waals surface area (Å²) in [4.78, 5) is 15.7. The summed E-state index contributed by atoms with van der Waals surface area (Å²) in [5, 5.41) is 3.20. The highest BCUT2D eigenvalue weighted by Crippen LogP contribution is 2.24. The molecule has 0 unspecified atom stereocenters. The predicted octanol–water partition coefficient (Wildman–Crippen LogP) is 2.35. The Morgan fingerprint density at radius 1 is 1.19 bits per heavy atom. The number of para-hydroxylation sites is 1. The quantitative estimate of drug-likeness (QED) is 0.854. The van der Waals surface area contributed by atoms with Crippen LogP contribution in [0.5, 0.6) is 0 Å².